The molecule has 0 amide bonds. The van der Waals surface area contributed by atoms with Crippen LogP contribution < -0.4 is 0 Å². The van der Waals surface area contributed by atoms with Crippen molar-refractivity contribution in [3.8, 4) is 0 Å². The highest BCUT2D eigenvalue weighted by Crippen LogP contribution is 2.18. The first-order chi connectivity index (χ1) is 8.25. The number of aliphatic hydroxyl groups is 1. The fourth-order valence-corrected chi connectivity index (χ4v) is 1.71. The first kappa shape index (κ1) is 12.0. The molecule has 88 valence electrons. The van der Waals surface area contributed by atoms with Crippen molar-refractivity contribution in [3.05, 3.63) is 59.1 Å². The molecule has 0 aliphatic carbocycles. The zero-order valence-electron chi connectivity index (χ0n) is 9.25. The van der Waals surface area contributed by atoms with E-state index in [-0.39, 0.29) is 5.28 Å². The molecule has 4 heteroatoms. The van der Waals surface area contributed by atoms with Gasteiger partial charge in [0.05, 0.1) is 6.10 Å². The van der Waals surface area contributed by atoms with E-state index in [1.165, 1.54) is 5.56 Å². The number of rotatable bonds is 4. The van der Waals surface area contributed by atoms with Crippen LogP contribution in [0.4, 0.5) is 0 Å². The Bertz CT molecular complexity index is 459. The highest BCUT2D eigenvalue weighted by Gasteiger charge is 2.08. The Labute approximate surface area is 105 Å². The van der Waals surface area contributed by atoms with Crippen LogP contribution in [0, 0.1) is 0 Å². The van der Waals surface area contributed by atoms with Gasteiger partial charge >= 0.3 is 0 Å². The van der Waals surface area contributed by atoms with Gasteiger partial charge in [0.2, 0.25) is 5.28 Å². The van der Waals surface area contributed by atoms with Gasteiger partial charge in [-0.3, -0.25) is 0 Å². The Morgan fingerprint density at radius 3 is 2.41 bits per heavy atom. The maximum Gasteiger partial charge on any atom is 0.222 e. The first-order valence-corrected chi connectivity index (χ1v) is 5.83. The molecular weight excluding hydrogens is 236 g/mol. The third-order valence-corrected chi connectivity index (χ3v) is 2.77. The summed E-state index contributed by atoms with van der Waals surface area (Å²) in [5.74, 6) is 0. The molecule has 1 N–H and O–H groups in total. The van der Waals surface area contributed by atoms with Gasteiger partial charge in [0.25, 0.3) is 0 Å². The average Bonchev–Trinajstić information content (AvgIpc) is 2.38. The van der Waals surface area contributed by atoms with Gasteiger partial charge in [-0.15, -0.1) is 0 Å². The Balaban J connectivity index is 1.93. The van der Waals surface area contributed by atoms with Crippen LogP contribution in [0.15, 0.2) is 42.7 Å². The Kier molecular flexibility index (Phi) is 4.07. The first-order valence-electron chi connectivity index (χ1n) is 5.45. The standard InChI is InChI=1S/C13H13ClN2O/c14-13-15-8-11(9-16-13)12(17)7-6-10-4-2-1-3-5-10/h1-5,8-9,12,17H,6-7H2. The normalized spacial score (nSPS) is 12.4. The number of aliphatic hydroxyl groups excluding tert-OH is 1. The molecule has 1 heterocycles. The number of hydrogen-bond acceptors (Lipinski definition) is 3. The molecule has 1 unspecified atom stereocenters. The van der Waals surface area contributed by atoms with Crippen molar-refractivity contribution in [2.75, 3.05) is 0 Å². The van der Waals surface area contributed by atoms with Crippen molar-refractivity contribution < 1.29 is 5.11 Å². The van der Waals surface area contributed by atoms with E-state index in [4.69, 9.17) is 11.6 Å². The fraction of sp³-hybridized carbons (Fsp3) is 0.231. The molecule has 1 aromatic carbocycles. The van der Waals surface area contributed by atoms with Crippen molar-refractivity contribution in [3.63, 3.8) is 0 Å². The third-order valence-electron chi connectivity index (χ3n) is 2.57. The summed E-state index contributed by atoms with van der Waals surface area (Å²) in [5.41, 5.74) is 1.91. The second-order valence-corrected chi connectivity index (χ2v) is 4.16. The largest absolute Gasteiger partial charge is 0.388 e. The molecule has 0 saturated heterocycles. The molecule has 0 bridgehead atoms. The minimum absolute atomic E-state index is 0.198. The second-order valence-electron chi connectivity index (χ2n) is 3.83. The topological polar surface area (TPSA) is 46.0 Å². The third kappa shape index (κ3) is 3.51. The fourth-order valence-electron chi connectivity index (χ4n) is 1.61. The van der Waals surface area contributed by atoms with Crippen LogP contribution in [-0.2, 0) is 6.42 Å². The van der Waals surface area contributed by atoms with Crippen LogP contribution in [0.25, 0.3) is 0 Å². The van der Waals surface area contributed by atoms with E-state index in [0.29, 0.717) is 12.0 Å². The van der Waals surface area contributed by atoms with Crippen molar-refractivity contribution in [1.82, 2.24) is 9.97 Å². The lowest BCUT2D eigenvalue weighted by Crippen LogP contribution is -2.01. The van der Waals surface area contributed by atoms with Crippen molar-refractivity contribution in [1.29, 1.82) is 0 Å². The highest BCUT2D eigenvalue weighted by molar-refractivity contribution is 6.28. The van der Waals surface area contributed by atoms with Crippen molar-refractivity contribution in [2.24, 2.45) is 0 Å². The minimum Gasteiger partial charge on any atom is -0.388 e. The summed E-state index contributed by atoms with van der Waals surface area (Å²) in [4.78, 5) is 7.70. The van der Waals surface area contributed by atoms with Gasteiger partial charge in [-0.25, -0.2) is 9.97 Å². The summed E-state index contributed by atoms with van der Waals surface area (Å²) in [6.07, 6.45) is 4.04. The van der Waals surface area contributed by atoms with Gasteiger partial charge < -0.3 is 5.11 Å². The second kappa shape index (κ2) is 5.75. The zero-order valence-corrected chi connectivity index (χ0v) is 10.0. The Morgan fingerprint density at radius 2 is 1.76 bits per heavy atom. The maximum absolute atomic E-state index is 9.95. The van der Waals surface area contributed by atoms with Gasteiger partial charge in [-0.1, -0.05) is 30.3 Å². The molecule has 1 aromatic heterocycles. The monoisotopic (exact) mass is 248 g/mol. The molecule has 0 aliphatic heterocycles. The molecular formula is C13H13ClN2O. The minimum atomic E-state index is -0.549. The number of nitrogens with zero attached hydrogens (tertiary/aromatic N) is 2. The smallest absolute Gasteiger partial charge is 0.222 e. The Hall–Kier alpha value is -1.45. The zero-order chi connectivity index (χ0) is 12.1. The molecule has 2 rings (SSSR count). The predicted molar refractivity (Wildman–Crippen MR) is 66.8 cm³/mol. The summed E-state index contributed by atoms with van der Waals surface area (Å²) in [6, 6.07) is 10.1. The van der Waals surface area contributed by atoms with Gasteiger partial charge in [-0.05, 0) is 30.0 Å². The lowest BCUT2D eigenvalue weighted by Gasteiger charge is -2.09. The molecule has 17 heavy (non-hydrogen) atoms. The van der Waals surface area contributed by atoms with E-state index in [9.17, 15) is 5.11 Å². The molecule has 2 aromatic rings. The van der Waals surface area contributed by atoms with Crippen LogP contribution in [-0.4, -0.2) is 15.1 Å². The predicted octanol–water partition coefficient (Wildman–Crippen LogP) is 2.80. The number of benzene rings is 1. The molecule has 0 saturated carbocycles. The molecule has 3 nitrogen and oxygen atoms in total. The van der Waals surface area contributed by atoms with Crippen molar-refractivity contribution in [2.45, 2.75) is 18.9 Å². The molecule has 0 spiro atoms. The van der Waals surface area contributed by atoms with Gasteiger partial charge in [0, 0.05) is 18.0 Å². The lowest BCUT2D eigenvalue weighted by molar-refractivity contribution is 0.167. The Morgan fingerprint density at radius 1 is 1.12 bits per heavy atom. The van der Waals surface area contributed by atoms with E-state index < -0.39 is 6.10 Å². The van der Waals surface area contributed by atoms with E-state index in [0.717, 1.165) is 6.42 Å². The van der Waals surface area contributed by atoms with Gasteiger partial charge in [-0.2, -0.15) is 0 Å². The maximum atomic E-state index is 9.95. The summed E-state index contributed by atoms with van der Waals surface area (Å²) < 4.78 is 0. The lowest BCUT2D eigenvalue weighted by atomic mass is 10.0. The SMILES string of the molecule is OC(CCc1ccccc1)c1cnc(Cl)nc1. The van der Waals surface area contributed by atoms with Crippen LogP contribution in [0.1, 0.15) is 23.7 Å². The van der Waals surface area contributed by atoms with Crippen LogP contribution in [0.5, 0.6) is 0 Å². The van der Waals surface area contributed by atoms with E-state index in [1.807, 2.05) is 30.3 Å². The van der Waals surface area contributed by atoms with E-state index in [1.54, 1.807) is 12.4 Å². The van der Waals surface area contributed by atoms with E-state index >= 15 is 0 Å². The summed E-state index contributed by atoms with van der Waals surface area (Å²) in [6.45, 7) is 0. The van der Waals surface area contributed by atoms with Crippen LogP contribution in [0.3, 0.4) is 0 Å². The molecule has 0 aliphatic rings. The summed E-state index contributed by atoms with van der Waals surface area (Å²) in [7, 11) is 0. The molecule has 0 fully saturated rings. The van der Waals surface area contributed by atoms with Gasteiger partial charge in [0.15, 0.2) is 0 Å². The summed E-state index contributed by atoms with van der Waals surface area (Å²) in [5, 5.41) is 10.1. The number of aromatic nitrogens is 2. The van der Waals surface area contributed by atoms with Crippen LogP contribution in [0.2, 0.25) is 5.28 Å². The molecule has 1 atom stereocenters. The van der Waals surface area contributed by atoms with Crippen molar-refractivity contribution >= 4 is 11.6 Å². The number of aryl methyl sites for hydroxylation is 1. The average molecular weight is 249 g/mol. The quantitative estimate of drug-likeness (QED) is 0.847. The summed E-state index contributed by atoms with van der Waals surface area (Å²) >= 11 is 5.59. The van der Waals surface area contributed by atoms with Gasteiger partial charge in [0.1, 0.15) is 0 Å². The van der Waals surface area contributed by atoms with Crippen LogP contribution >= 0.6 is 11.6 Å². The number of halogens is 1. The van der Waals surface area contributed by atoms with E-state index in [2.05, 4.69) is 9.97 Å². The molecule has 0 radical (unpaired) electrons. The highest BCUT2D eigenvalue weighted by atomic mass is 35.5. The number of hydrogen-bond donors (Lipinski definition) is 1.